The third-order valence-electron chi connectivity index (χ3n) is 3.01. The van der Waals surface area contributed by atoms with Crippen LogP contribution in [-0.4, -0.2) is 49.1 Å². The van der Waals surface area contributed by atoms with Gasteiger partial charge in [-0.1, -0.05) is 0 Å². The average molecular weight is 228 g/mol. The maximum atomic E-state index is 12.0. The standard InChI is InChI=1S/C11H20N2O3/c1-4-13(5-2)10(14)8-6-7-9(12-8)11(15)16-3/h8-9,12H,4-7H2,1-3H3. The molecule has 1 heterocycles. The Balaban J connectivity index is 2.52. The highest BCUT2D eigenvalue weighted by molar-refractivity contribution is 5.84. The number of nitrogens with one attached hydrogen (secondary N) is 1. The van der Waals surface area contributed by atoms with Gasteiger partial charge < -0.3 is 9.64 Å². The molecule has 0 aromatic heterocycles. The number of hydrogen-bond acceptors (Lipinski definition) is 4. The molecule has 2 unspecified atom stereocenters. The first-order valence-corrected chi connectivity index (χ1v) is 5.76. The maximum Gasteiger partial charge on any atom is 0.322 e. The van der Waals surface area contributed by atoms with Crippen molar-refractivity contribution in [2.75, 3.05) is 20.2 Å². The molecule has 1 saturated heterocycles. The number of esters is 1. The molecule has 0 spiro atoms. The van der Waals surface area contributed by atoms with Gasteiger partial charge in [0.2, 0.25) is 5.91 Å². The third-order valence-corrected chi connectivity index (χ3v) is 3.01. The molecule has 1 rings (SSSR count). The Morgan fingerprint density at radius 2 is 1.81 bits per heavy atom. The second-order valence-electron chi connectivity index (χ2n) is 3.88. The Morgan fingerprint density at radius 1 is 1.25 bits per heavy atom. The van der Waals surface area contributed by atoms with Crippen LogP contribution < -0.4 is 5.32 Å². The molecule has 92 valence electrons. The monoisotopic (exact) mass is 228 g/mol. The minimum atomic E-state index is -0.325. The predicted octanol–water partition coefficient (Wildman–Crippen LogP) is 0.148. The molecule has 5 heteroatoms. The maximum absolute atomic E-state index is 12.0. The van der Waals surface area contributed by atoms with E-state index in [0.717, 1.165) is 0 Å². The van der Waals surface area contributed by atoms with E-state index in [1.54, 1.807) is 4.90 Å². The summed E-state index contributed by atoms with van der Waals surface area (Å²) in [5.41, 5.74) is 0. The smallest absolute Gasteiger partial charge is 0.322 e. The molecule has 0 aliphatic carbocycles. The van der Waals surface area contributed by atoms with E-state index in [0.29, 0.717) is 25.9 Å². The molecule has 1 aliphatic heterocycles. The fourth-order valence-corrected chi connectivity index (χ4v) is 2.02. The third kappa shape index (κ3) is 2.72. The molecule has 1 fully saturated rings. The van der Waals surface area contributed by atoms with Gasteiger partial charge in [0.15, 0.2) is 0 Å². The van der Waals surface area contributed by atoms with Crippen molar-refractivity contribution in [2.45, 2.75) is 38.8 Å². The zero-order valence-electron chi connectivity index (χ0n) is 10.2. The Bertz CT molecular complexity index is 264. The van der Waals surface area contributed by atoms with E-state index >= 15 is 0 Å². The summed E-state index contributed by atoms with van der Waals surface area (Å²) in [6, 6.07) is -0.557. The van der Waals surface area contributed by atoms with Crippen LogP contribution in [0, 0.1) is 0 Å². The second kappa shape index (κ2) is 5.84. The number of methoxy groups -OCH3 is 1. The fraction of sp³-hybridized carbons (Fsp3) is 0.818. The van der Waals surface area contributed by atoms with Crippen LogP contribution in [0.2, 0.25) is 0 Å². The molecule has 0 aromatic carbocycles. The number of amides is 1. The normalized spacial score (nSPS) is 24.2. The lowest BCUT2D eigenvalue weighted by atomic mass is 10.2. The Kier molecular flexibility index (Phi) is 4.73. The van der Waals surface area contributed by atoms with Crippen molar-refractivity contribution in [3.05, 3.63) is 0 Å². The lowest BCUT2D eigenvalue weighted by Gasteiger charge is -2.22. The van der Waals surface area contributed by atoms with Crippen LogP contribution in [0.15, 0.2) is 0 Å². The van der Waals surface area contributed by atoms with Gasteiger partial charge in [0.25, 0.3) is 0 Å². The van der Waals surface area contributed by atoms with Gasteiger partial charge in [-0.3, -0.25) is 14.9 Å². The zero-order chi connectivity index (χ0) is 12.1. The van der Waals surface area contributed by atoms with Crippen molar-refractivity contribution in [3.63, 3.8) is 0 Å². The molecule has 1 amide bonds. The minimum absolute atomic E-state index is 0.0800. The van der Waals surface area contributed by atoms with Crippen LogP contribution in [0.3, 0.4) is 0 Å². The summed E-state index contributed by atoms with van der Waals surface area (Å²) in [5.74, 6) is -0.203. The first-order chi connectivity index (χ1) is 7.63. The number of likely N-dealkylation sites (N-methyl/N-ethyl adjacent to an activating group) is 1. The number of hydrogen-bond donors (Lipinski definition) is 1. The van der Waals surface area contributed by atoms with E-state index in [2.05, 4.69) is 10.1 Å². The zero-order valence-corrected chi connectivity index (χ0v) is 10.2. The molecular weight excluding hydrogens is 208 g/mol. The molecular formula is C11H20N2O3. The molecule has 16 heavy (non-hydrogen) atoms. The summed E-state index contributed by atoms with van der Waals surface area (Å²) in [6.07, 6.45) is 1.37. The van der Waals surface area contributed by atoms with Crippen LogP contribution in [0.5, 0.6) is 0 Å². The fourth-order valence-electron chi connectivity index (χ4n) is 2.02. The highest BCUT2D eigenvalue weighted by Gasteiger charge is 2.34. The van der Waals surface area contributed by atoms with Crippen LogP contribution >= 0.6 is 0 Å². The predicted molar refractivity (Wildman–Crippen MR) is 59.9 cm³/mol. The van der Waals surface area contributed by atoms with Crippen molar-refractivity contribution >= 4 is 11.9 Å². The van der Waals surface area contributed by atoms with E-state index in [4.69, 9.17) is 0 Å². The second-order valence-corrected chi connectivity index (χ2v) is 3.88. The topological polar surface area (TPSA) is 58.6 Å². The van der Waals surface area contributed by atoms with E-state index < -0.39 is 0 Å². The SMILES string of the molecule is CCN(CC)C(=O)C1CCC(C(=O)OC)N1. The lowest BCUT2D eigenvalue weighted by molar-refractivity contribution is -0.142. The number of ether oxygens (including phenoxy) is 1. The van der Waals surface area contributed by atoms with Gasteiger partial charge in [0.1, 0.15) is 6.04 Å². The van der Waals surface area contributed by atoms with Crippen LogP contribution in [0.4, 0.5) is 0 Å². The minimum Gasteiger partial charge on any atom is -0.468 e. The largest absolute Gasteiger partial charge is 0.468 e. The summed E-state index contributed by atoms with van der Waals surface area (Å²) in [6.45, 7) is 5.31. The van der Waals surface area contributed by atoms with Gasteiger partial charge in [0, 0.05) is 13.1 Å². The van der Waals surface area contributed by atoms with Crippen molar-refractivity contribution in [3.8, 4) is 0 Å². The van der Waals surface area contributed by atoms with E-state index in [9.17, 15) is 9.59 Å². The number of nitrogens with zero attached hydrogens (tertiary/aromatic N) is 1. The molecule has 1 aliphatic rings. The van der Waals surface area contributed by atoms with Gasteiger partial charge in [-0.05, 0) is 26.7 Å². The Hall–Kier alpha value is -1.10. The highest BCUT2D eigenvalue weighted by Crippen LogP contribution is 2.15. The Morgan fingerprint density at radius 3 is 2.31 bits per heavy atom. The van der Waals surface area contributed by atoms with E-state index in [1.165, 1.54) is 7.11 Å². The van der Waals surface area contributed by atoms with Crippen LogP contribution in [0.1, 0.15) is 26.7 Å². The molecule has 0 bridgehead atoms. The Labute approximate surface area is 96.1 Å². The quantitative estimate of drug-likeness (QED) is 0.696. The molecule has 0 aromatic rings. The van der Waals surface area contributed by atoms with Gasteiger partial charge in [-0.15, -0.1) is 0 Å². The summed E-state index contributed by atoms with van der Waals surface area (Å²) >= 11 is 0. The van der Waals surface area contributed by atoms with Crippen molar-refractivity contribution in [1.29, 1.82) is 0 Å². The lowest BCUT2D eigenvalue weighted by Crippen LogP contribution is -2.46. The molecule has 1 N–H and O–H groups in total. The van der Waals surface area contributed by atoms with Gasteiger partial charge >= 0.3 is 5.97 Å². The molecule has 2 atom stereocenters. The summed E-state index contributed by atoms with van der Waals surface area (Å²) in [5, 5.41) is 3.02. The van der Waals surface area contributed by atoms with Crippen LogP contribution in [0.25, 0.3) is 0 Å². The number of carbonyl (C=O) groups excluding carboxylic acids is 2. The molecule has 5 nitrogen and oxygen atoms in total. The van der Waals surface area contributed by atoms with Gasteiger partial charge in [-0.25, -0.2) is 0 Å². The molecule has 0 radical (unpaired) electrons. The van der Waals surface area contributed by atoms with Crippen molar-refractivity contribution in [1.82, 2.24) is 10.2 Å². The average Bonchev–Trinajstić information content (AvgIpc) is 2.78. The van der Waals surface area contributed by atoms with Gasteiger partial charge in [-0.2, -0.15) is 0 Å². The van der Waals surface area contributed by atoms with E-state index in [1.807, 2.05) is 13.8 Å². The number of carbonyl (C=O) groups is 2. The van der Waals surface area contributed by atoms with E-state index in [-0.39, 0.29) is 24.0 Å². The molecule has 0 saturated carbocycles. The van der Waals surface area contributed by atoms with Crippen LogP contribution in [-0.2, 0) is 14.3 Å². The van der Waals surface area contributed by atoms with Crippen molar-refractivity contribution in [2.24, 2.45) is 0 Å². The first kappa shape index (κ1) is 13.0. The highest BCUT2D eigenvalue weighted by atomic mass is 16.5. The van der Waals surface area contributed by atoms with Gasteiger partial charge in [0.05, 0.1) is 13.2 Å². The summed E-state index contributed by atoms with van der Waals surface area (Å²) in [4.78, 5) is 25.0. The first-order valence-electron chi connectivity index (χ1n) is 5.76. The summed E-state index contributed by atoms with van der Waals surface area (Å²) in [7, 11) is 1.36. The van der Waals surface area contributed by atoms with Crippen molar-refractivity contribution < 1.29 is 14.3 Å². The number of rotatable bonds is 4. The summed E-state index contributed by atoms with van der Waals surface area (Å²) < 4.78 is 4.65.